The van der Waals surface area contributed by atoms with Crippen molar-refractivity contribution in [1.82, 2.24) is 40.6 Å². The predicted molar refractivity (Wildman–Crippen MR) is 175 cm³/mol. The normalized spacial score (nSPS) is 24.1. The number of carbonyl (C=O) groups is 2. The number of amidine groups is 1. The molecule has 3 aliphatic rings. The van der Waals surface area contributed by atoms with E-state index >= 15 is 0 Å². The maximum Gasteiger partial charge on any atom is 0.291 e. The van der Waals surface area contributed by atoms with Gasteiger partial charge in [0.25, 0.3) is 11.8 Å². The minimum atomic E-state index is -0.546. The molecule has 2 fully saturated rings. The van der Waals surface area contributed by atoms with Crippen LogP contribution in [0.4, 0.5) is 0 Å². The van der Waals surface area contributed by atoms with E-state index in [2.05, 4.69) is 89.2 Å². The number of likely N-dealkylation sites (N-methyl/N-ethyl adjacent to an activating group) is 1. The van der Waals surface area contributed by atoms with E-state index in [4.69, 9.17) is 4.99 Å². The van der Waals surface area contributed by atoms with Gasteiger partial charge >= 0.3 is 0 Å². The van der Waals surface area contributed by atoms with Crippen LogP contribution in [-0.4, -0.2) is 91.9 Å². The molecular formula is C34H53N9O2. The van der Waals surface area contributed by atoms with E-state index in [0.29, 0.717) is 23.1 Å². The van der Waals surface area contributed by atoms with Crippen molar-refractivity contribution in [2.45, 2.75) is 105 Å². The van der Waals surface area contributed by atoms with Crippen molar-refractivity contribution in [1.29, 1.82) is 0 Å². The molecule has 1 aliphatic carbocycles. The molecule has 1 saturated heterocycles. The van der Waals surface area contributed by atoms with E-state index in [1.54, 1.807) is 0 Å². The van der Waals surface area contributed by atoms with Crippen molar-refractivity contribution in [3.8, 4) is 0 Å². The summed E-state index contributed by atoms with van der Waals surface area (Å²) in [6.45, 7) is 17.6. The summed E-state index contributed by atoms with van der Waals surface area (Å²) < 4.78 is 0. The van der Waals surface area contributed by atoms with Gasteiger partial charge in [0.1, 0.15) is 5.66 Å². The predicted octanol–water partition coefficient (Wildman–Crippen LogP) is 4.81. The van der Waals surface area contributed by atoms with E-state index in [1.807, 2.05) is 24.3 Å². The Morgan fingerprint density at radius 2 is 1.76 bits per heavy atom. The molecule has 11 heteroatoms. The maximum absolute atomic E-state index is 14.7. The van der Waals surface area contributed by atoms with E-state index < -0.39 is 5.66 Å². The first-order chi connectivity index (χ1) is 21.3. The van der Waals surface area contributed by atoms with E-state index in [9.17, 15) is 9.59 Å². The number of carbonyl (C=O) groups excluding carboxylic acids is 2. The molecule has 2 amide bonds. The van der Waals surface area contributed by atoms with Crippen molar-refractivity contribution in [2.24, 2.45) is 21.7 Å². The summed E-state index contributed by atoms with van der Waals surface area (Å²) >= 11 is 0. The molecular weight excluding hydrogens is 566 g/mol. The zero-order valence-electron chi connectivity index (χ0n) is 28.4. The second kappa shape index (κ2) is 13.2. The zero-order valence-corrected chi connectivity index (χ0v) is 28.4. The van der Waals surface area contributed by atoms with Gasteiger partial charge < -0.3 is 20.0 Å². The fourth-order valence-electron chi connectivity index (χ4n) is 7.18. The van der Waals surface area contributed by atoms with Gasteiger partial charge in [-0.05, 0) is 93.0 Å². The molecule has 45 heavy (non-hydrogen) atoms. The van der Waals surface area contributed by atoms with Crippen LogP contribution >= 0.6 is 0 Å². The third kappa shape index (κ3) is 7.73. The number of benzene rings is 1. The van der Waals surface area contributed by atoms with Gasteiger partial charge in [-0.1, -0.05) is 58.9 Å². The SMILES string of the molecule is CN1CCCN(C2=NC3(CCC(C(C)(C)C)CC3)N([C@H](CCC(C)(C)C)c3ccc(C(=O)NCc4nn[nH]n4)cc3)C2=O)CC1. The minimum Gasteiger partial charge on any atom is -0.351 e. The van der Waals surface area contributed by atoms with Crippen LogP contribution in [0.5, 0.6) is 0 Å². The Kier molecular flexibility index (Phi) is 9.68. The lowest BCUT2D eigenvalue weighted by molar-refractivity contribution is -0.134. The number of amides is 2. The van der Waals surface area contributed by atoms with Crippen LogP contribution in [0.3, 0.4) is 0 Å². The fourth-order valence-corrected chi connectivity index (χ4v) is 7.18. The number of nitrogens with zero attached hydrogens (tertiary/aromatic N) is 7. The maximum atomic E-state index is 14.7. The van der Waals surface area contributed by atoms with Gasteiger partial charge in [-0.3, -0.25) is 9.59 Å². The van der Waals surface area contributed by atoms with Gasteiger partial charge in [0.05, 0.1) is 12.6 Å². The first-order valence-electron chi connectivity index (χ1n) is 16.7. The average Bonchev–Trinajstić information content (AvgIpc) is 3.53. The van der Waals surface area contributed by atoms with Crippen molar-refractivity contribution in [3.05, 3.63) is 41.2 Å². The lowest BCUT2D eigenvalue weighted by Crippen LogP contribution is -2.52. The highest BCUT2D eigenvalue weighted by atomic mass is 16.2. The molecule has 1 saturated carbocycles. The Balaban J connectivity index is 1.46. The second-order valence-electron chi connectivity index (χ2n) is 15.6. The number of hydrogen-bond donors (Lipinski definition) is 2. The number of aromatic amines is 1. The Morgan fingerprint density at radius 3 is 2.38 bits per heavy atom. The van der Waals surface area contributed by atoms with Crippen LogP contribution < -0.4 is 5.32 Å². The Bertz CT molecular complexity index is 1330. The number of nitrogens with one attached hydrogen (secondary N) is 2. The Morgan fingerprint density at radius 1 is 1.04 bits per heavy atom. The second-order valence-corrected chi connectivity index (χ2v) is 15.6. The van der Waals surface area contributed by atoms with Crippen LogP contribution in [0.25, 0.3) is 0 Å². The molecule has 0 unspecified atom stereocenters. The number of hydrogen-bond acceptors (Lipinski definition) is 8. The summed E-state index contributed by atoms with van der Waals surface area (Å²) in [5, 5.41) is 16.6. The minimum absolute atomic E-state index is 0.0644. The van der Waals surface area contributed by atoms with Crippen molar-refractivity contribution < 1.29 is 9.59 Å². The first kappa shape index (κ1) is 33.0. The molecule has 246 valence electrons. The number of rotatable bonds is 7. The van der Waals surface area contributed by atoms with Gasteiger partial charge in [-0.15, -0.1) is 10.2 Å². The van der Waals surface area contributed by atoms with Crippen molar-refractivity contribution in [2.75, 3.05) is 33.2 Å². The Hall–Kier alpha value is -3.34. The number of aliphatic imine (C=N–C) groups is 1. The quantitative estimate of drug-likeness (QED) is 0.456. The fraction of sp³-hybridized carbons (Fsp3) is 0.706. The molecule has 2 aliphatic heterocycles. The molecule has 3 heterocycles. The van der Waals surface area contributed by atoms with Crippen LogP contribution in [0.15, 0.2) is 29.3 Å². The molecule has 11 nitrogen and oxygen atoms in total. The van der Waals surface area contributed by atoms with Crippen LogP contribution in [0.2, 0.25) is 0 Å². The van der Waals surface area contributed by atoms with Crippen molar-refractivity contribution >= 4 is 17.6 Å². The lowest BCUT2D eigenvalue weighted by Gasteiger charge is -2.47. The molecule has 0 bridgehead atoms. The standard InChI is InChI=1S/C34H53N9O2/c1-32(2,3)16-15-27(24-9-11-25(12-10-24)30(44)35-23-28-37-39-40-38-28)43-31(45)29(42-20-8-19-41(7)21-22-42)36-34(43)17-13-26(14-18-34)33(4,5)6/h9-12,26-27H,8,13-23H2,1-7H3,(H,35,44)(H,37,38,39,40)/t26?,27-,34?/m1/s1. The average molecular weight is 620 g/mol. The Labute approximate surface area is 268 Å². The monoisotopic (exact) mass is 619 g/mol. The highest BCUT2D eigenvalue weighted by Gasteiger charge is 2.53. The van der Waals surface area contributed by atoms with Gasteiger partial charge in [0, 0.05) is 25.2 Å². The first-order valence-corrected chi connectivity index (χ1v) is 16.7. The largest absolute Gasteiger partial charge is 0.351 e. The van der Waals surface area contributed by atoms with E-state index in [0.717, 1.165) is 76.7 Å². The molecule has 1 atom stereocenters. The lowest BCUT2D eigenvalue weighted by atomic mass is 9.69. The van der Waals surface area contributed by atoms with Crippen molar-refractivity contribution in [3.63, 3.8) is 0 Å². The topological polar surface area (TPSA) is 123 Å². The summed E-state index contributed by atoms with van der Waals surface area (Å²) in [7, 11) is 2.15. The summed E-state index contributed by atoms with van der Waals surface area (Å²) in [4.78, 5) is 39.9. The molecule has 1 aromatic carbocycles. The van der Waals surface area contributed by atoms with Gasteiger partial charge in [0.2, 0.25) is 0 Å². The van der Waals surface area contributed by atoms with Crippen LogP contribution in [0, 0.1) is 16.7 Å². The van der Waals surface area contributed by atoms with Gasteiger partial charge in [-0.2, -0.15) is 5.21 Å². The third-order valence-corrected chi connectivity index (χ3v) is 10.0. The number of H-pyrrole nitrogens is 1. The molecule has 1 spiro atoms. The van der Waals surface area contributed by atoms with E-state index in [1.165, 1.54) is 0 Å². The van der Waals surface area contributed by atoms with Crippen LogP contribution in [-0.2, 0) is 11.3 Å². The smallest absolute Gasteiger partial charge is 0.291 e. The summed E-state index contributed by atoms with van der Waals surface area (Å²) in [6, 6.07) is 7.63. The van der Waals surface area contributed by atoms with Gasteiger partial charge in [-0.25, -0.2) is 4.99 Å². The highest BCUT2D eigenvalue weighted by molar-refractivity contribution is 6.39. The van der Waals surface area contributed by atoms with Gasteiger partial charge in [0.15, 0.2) is 11.7 Å². The summed E-state index contributed by atoms with van der Waals surface area (Å²) in [6.07, 6.45) is 6.66. The summed E-state index contributed by atoms with van der Waals surface area (Å²) in [5.74, 6) is 1.54. The molecule has 1 aromatic heterocycles. The number of aromatic nitrogens is 4. The number of tetrazole rings is 1. The highest BCUT2D eigenvalue weighted by Crippen LogP contribution is 2.50. The third-order valence-electron chi connectivity index (χ3n) is 10.0. The summed E-state index contributed by atoms with van der Waals surface area (Å²) in [5.41, 5.74) is 1.38. The molecule has 0 radical (unpaired) electrons. The molecule has 2 N–H and O–H groups in total. The van der Waals surface area contributed by atoms with Crippen LogP contribution in [0.1, 0.15) is 114 Å². The molecule has 2 aromatic rings. The zero-order chi connectivity index (χ0) is 32.4. The molecule has 5 rings (SSSR count). The van der Waals surface area contributed by atoms with E-state index in [-0.39, 0.29) is 35.2 Å².